The standard InChI is InChI=1S/C16H31N3O/c1-4-8-16(2,17)15(20)19-11-7-14(12-19)13-5-9-18(3)10-6-13/h13-14H,4-12,17H2,1-3H3. The highest BCUT2D eigenvalue weighted by molar-refractivity contribution is 5.85. The molecule has 2 aliphatic heterocycles. The Morgan fingerprint density at radius 3 is 2.40 bits per heavy atom. The summed E-state index contributed by atoms with van der Waals surface area (Å²) in [6.07, 6.45) is 5.49. The lowest BCUT2D eigenvalue weighted by atomic mass is 9.84. The van der Waals surface area contributed by atoms with Crippen LogP contribution in [-0.2, 0) is 4.79 Å². The summed E-state index contributed by atoms with van der Waals surface area (Å²) in [5, 5.41) is 0. The monoisotopic (exact) mass is 281 g/mol. The smallest absolute Gasteiger partial charge is 0.242 e. The van der Waals surface area contributed by atoms with Gasteiger partial charge >= 0.3 is 0 Å². The maximum Gasteiger partial charge on any atom is 0.242 e. The number of nitrogens with zero attached hydrogens (tertiary/aromatic N) is 2. The number of carbonyl (C=O) groups is 1. The van der Waals surface area contributed by atoms with Crippen LogP contribution >= 0.6 is 0 Å². The van der Waals surface area contributed by atoms with Crippen molar-refractivity contribution in [2.75, 3.05) is 33.2 Å². The fourth-order valence-corrected chi connectivity index (χ4v) is 3.84. The van der Waals surface area contributed by atoms with Crippen LogP contribution in [0, 0.1) is 11.8 Å². The molecule has 2 saturated heterocycles. The highest BCUT2D eigenvalue weighted by atomic mass is 16.2. The van der Waals surface area contributed by atoms with E-state index in [1.807, 2.05) is 11.8 Å². The molecule has 4 nitrogen and oxygen atoms in total. The summed E-state index contributed by atoms with van der Waals surface area (Å²) in [5.41, 5.74) is 5.52. The molecular weight excluding hydrogens is 250 g/mol. The number of amides is 1. The molecule has 0 aromatic carbocycles. The molecular formula is C16H31N3O. The van der Waals surface area contributed by atoms with E-state index >= 15 is 0 Å². The van der Waals surface area contributed by atoms with Gasteiger partial charge in [-0.25, -0.2) is 0 Å². The molecule has 4 heteroatoms. The van der Waals surface area contributed by atoms with Gasteiger partial charge < -0.3 is 15.5 Å². The lowest BCUT2D eigenvalue weighted by Crippen LogP contribution is -2.52. The van der Waals surface area contributed by atoms with Crippen molar-refractivity contribution < 1.29 is 4.79 Å². The van der Waals surface area contributed by atoms with Gasteiger partial charge in [-0.15, -0.1) is 0 Å². The summed E-state index contributed by atoms with van der Waals surface area (Å²) >= 11 is 0. The van der Waals surface area contributed by atoms with Crippen LogP contribution in [0.3, 0.4) is 0 Å². The molecule has 0 aromatic rings. The van der Waals surface area contributed by atoms with E-state index < -0.39 is 5.54 Å². The Bertz CT molecular complexity index is 335. The Morgan fingerprint density at radius 1 is 1.20 bits per heavy atom. The highest BCUT2D eigenvalue weighted by Gasteiger charge is 2.38. The van der Waals surface area contributed by atoms with Gasteiger partial charge in [-0.3, -0.25) is 4.79 Å². The topological polar surface area (TPSA) is 49.6 Å². The van der Waals surface area contributed by atoms with E-state index in [4.69, 9.17) is 5.73 Å². The van der Waals surface area contributed by atoms with E-state index in [0.29, 0.717) is 5.92 Å². The number of likely N-dealkylation sites (tertiary alicyclic amines) is 2. The van der Waals surface area contributed by atoms with Crippen molar-refractivity contribution in [3.05, 3.63) is 0 Å². The van der Waals surface area contributed by atoms with Gasteiger partial charge in [0.25, 0.3) is 0 Å². The Labute approximate surface area is 123 Å². The van der Waals surface area contributed by atoms with Gasteiger partial charge in [0.1, 0.15) is 0 Å². The van der Waals surface area contributed by atoms with Crippen molar-refractivity contribution in [1.29, 1.82) is 0 Å². The number of carbonyl (C=O) groups excluding carboxylic acids is 1. The average Bonchev–Trinajstić information content (AvgIpc) is 2.88. The molecule has 0 bridgehead atoms. The number of piperidine rings is 1. The molecule has 0 aliphatic carbocycles. The third kappa shape index (κ3) is 3.53. The van der Waals surface area contributed by atoms with Crippen LogP contribution in [0.5, 0.6) is 0 Å². The van der Waals surface area contributed by atoms with Gasteiger partial charge in [-0.05, 0) is 64.6 Å². The fourth-order valence-electron chi connectivity index (χ4n) is 3.84. The zero-order chi connectivity index (χ0) is 14.8. The summed E-state index contributed by atoms with van der Waals surface area (Å²) in [5.74, 6) is 1.67. The van der Waals surface area contributed by atoms with E-state index in [0.717, 1.165) is 31.8 Å². The predicted octanol–water partition coefficient (Wildman–Crippen LogP) is 1.69. The van der Waals surface area contributed by atoms with Crippen LogP contribution < -0.4 is 5.73 Å². The molecule has 2 unspecified atom stereocenters. The third-order valence-electron chi connectivity index (χ3n) is 5.20. The summed E-state index contributed by atoms with van der Waals surface area (Å²) in [7, 11) is 2.20. The molecule has 2 fully saturated rings. The van der Waals surface area contributed by atoms with Crippen LogP contribution in [0.15, 0.2) is 0 Å². The third-order valence-corrected chi connectivity index (χ3v) is 5.20. The SMILES string of the molecule is CCCC(C)(N)C(=O)N1CCC(C2CCN(C)CC2)C1. The summed E-state index contributed by atoms with van der Waals surface area (Å²) in [6.45, 7) is 8.24. The molecule has 0 saturated carbocycles. The second-order valence-corrected chi connectivity index (χ2v) is 7.11. The maximum atomic E-state index is 12.5. The summed E-state index contributed by atoms with van der Waals surface area (Å²) in [4.78, 5) is 17.0. The minimum Gasteiger partial charge on any atom is -0.341 e. The minimum absolute atomic E-state index is 0.162. The Balaban J connectivity index is 1.87. The van der Waals surface area contributed by atoms with E-state index in [2.05, 4.69) is 18.9 Å². The molecule has 1 amide bonds. The number of rotatable bonds is 4. The normalized spacial score (nSPS) is 28.6. The molecule has 2 heterocycles. The van der Waals surface area contributed by atoms with Gasteiger partial charge in [0, 0.05) is 13.1 Å². The number of nitrogens with two attached hydrogens (primary N) is 1. The Kier molecular flexibility index (Phi) is 5.08. The zero-order valence-electron chi connectivity index (χ0n) is 13.4. The molecule has 20 heavy (non-hydrogen) atoms. The van der Waals surface area contributed by atoms with Gasteiger partial charge in [0.15, 0.2) is 0 Å². The molecule has 0 spiro atoms. The van der Waals surface area contributed by atoms with Crippen molar-refractivity contribution >= 4 is 5.91 Å². The average molecular weight is 281 g/mol. The molecule has 2 aliphatic rings. The molecule has 0 aromatic heterocycles. The van der Waals surface area contributed by atoms with Crippen molar-refractivity contribution in [3.8, 4) is 0 Å². The first kappa shape index (κ1) is 15.8. The number of hydrogen-bond donors (Lipinski definition) is 1. The van der Waals surface area contributed by atoms with Gasteiger partial charge in [-0.1, -0.05) is 13.3 Å². The first-order chi connectivity index (χ1) is 9.44. The van der Waals surface area contributed by atoms with E-state index in [1.165, 1.54) is 32.4 Å². The predicted molar refractivity (Wildman–Crippen MR) is 82.4 cm³/mol. The van der Waals surface area contributed by atoms with Crippen molar-refractivity contribution in [2.45, 2.75) is 51.5 Å². The van der Waals surface area contributed by atoms with Crippen LogP contribution in [0.1, 0.15) is 46.0 Å². The van der Waals surface area contributed by atoms with E-state index in [1.54, 1.807) is 0 Å². The molecule has 116 valence electrons. The largest absolute Gasteiger partial charge is 0.341 e. The van der Waals surface area contributed by atoms with Crippen molar-refractivity contribution in [2.24, 2.45) is 17.6 Å². The Hall–Kier alpha value is -0.610. The van der Waals surface area contributed by atoms with Crippen molar-refractivity contribution in [3.63, 3.8) is 0 Å². The van der Waals surface area contributed by atoms with Gasteiger partial charge in [-0.2, -0.15) is 0 Å². The second-order valence-electron chi connectivity index (χ2n) is 7.11. The fraction of sp³-hybridized carbons (Fsp3) is 0.938. The molecule has 2 atom stereocenters. The number of hydrogen-bond acceptors (Lipinski definition) is 3. The van der Waals surface area contributed by atoms with E-state index in [9.17, 15) is 4.79 Å². The van der Waals surface area contributed by atoms with Crippen molar-refractivity contribution in [1.82, 2.24) is 9.80 Å². The minimum atomic E-state index is -0.670. The van der Waals surface area contributed by atoms with Crippen LogP contribution in [0.2, 0.25) is 0 Å². The van der Waals surface area contributed by atoms with E-state index in [-0.39, 0.29) is 5.91 Å². The highest BCUT2D eigenvalue weighted by Crippen LogP contribution is 2.32. The van der Waals surface area contributed by atoms with Gasteiger partial charge in [0.2, 0.25) is 5.91 Å². The first-order valence-electron chi connectivity index (χ1n) is 8.21. The van der Waals surface area contributed by atoms with Crippen LogP contribution in [0.4, 0.5) is 0 Å². The Morgan fingerprint density at radius 2 is 1.80 bits per heavy atom. The zero-order valence-corrected chi connectivity index (χ0v) is 13.4. The summed E-state index contributed by atoms with van der Waals surface area (Å²) < 4.78 is 0. The lowest BCUT2D eigenvalue weighted by Gasteiger charge is -2.33. The first-order valence-corrected chi connectivity index (χ1v) is 8.21. The second kappa shape index (κ2) is 6.44. The molecule has 0 radical (unpaired) electrons. The van der Waals surface area contributed by atoms with Crippen LogP contribution in [-0.4, -0.2) is 54.5 Å². The molecule has 2 N–H and O–H groups in total. The lowest BCUT2D eigenvalue weighted by molar-refractivity contribution is -0.135. The quantitative estimate of drug-likeness (QED) is 0.853. The van der Waals surface area contributed by atoms with Gasteiger partial charge in [0.05, 0.1) is 5.54 Å². The molecule has 2 rings (SSSR count). The summed E-state index contributed by atoms with van der Waals surface area (Å²) in [6, 6.07) is 0. The van der Waals surface area contributed by atoms with Crippen LogP contribution in [0.25, 0.3) is 0 Å². The maximum absolute atomic E-state index is 12.5.